The third-order valence-corrected chi connectivity index (χ3v) is 6.20. The highest BCUT2D eigenvalue weighted by molar-refractivity contribution is 5.73. The van der Waals surface area contributed by atoms with Crippen LogP contribution in [0.1, 0.15) is 50.8 Å². The second-order valence-electron chi connectivity index (χ2n) is 9.72. The number of hydrogen-bond donors (Lipinski definition) is 4. The molecule has 0 saturated heterocycles. The summed E-state index contributed by atoms with van der Waals surface area (Å²) in [6, 6.07) is 9.04. The fraction of sp³-hybridized carbons (Fsp3) is 0.500. The molecule has 0 aliphatic carbocycles. The minimum Gasteiger partial charge on any atom is -0.390 e. The molecule has 0 fully saturated rings. The molecule has 180 valence electrons. The summed E-state index contributed by atoms with van der Waals surface area (Å²) in [5.74, 6) is -1.13. The number of carbonyl (C=O) groups excluding carboxylic acids is 1. The van der Waals surface area contributed by atoms with Gasteiger partial charge in [0.25, 0.3) is 0 Å². The second-order valence-corrected chi connectivity index (χ2v) is 9.72. The summed E-state index contributed by atoms with van der Waals surface area (Å²) in [5.41, 5.74) is 3.52. The predicted molar refractivity (Wildman–Crippen MR) is 127 cm³/mol. The van der Waals surface area contributed by atoms with E-state index in [-0.39, 0.29) is 24.4 Å². The number of hydrogen-bond acceptors (Lipinski definition) is 4. The first kappa shape index (κ1) is 25.1. The van der Waals surface area contributed by atoms with E-state index in [0.717, 1.165) is 36.7 Å². The van der Waals surface area contributed by atoms with Gasteiger partial charge in [-0.2, -0.15) is 0 Å². The van der Waals surface area contributed by atoms with Crippen LogP contribution >= 0.6 is 0 Å². The second kappa shape index (κ2) is 10.6. The number of amides is 1. The van der Waals surface area contributed by atoms with Gasteiger partial charge in [-0.25, -0.2) is 8.78 Å². The summed E-state index contributed by atoms with van der Waals surface area (Å²) in [7, 11) is 0. The summed E-state index contributed by atoms with van der Waals surface area (Å²) >= 11 is 0. The monoisotopic (exact) mass is 459 g/mol. The van der Waals surface area contributed by atoms with Crippen molar-refractivity contribution in [2.24, 2.45) is 5.92 Å². The Kier molecular flexibility index (Phi) is 8.08. The number of fused-ring (bicyclic) bond motifs is 1. The minimum absolute atomic E-state index is 0.116. The van der Waals surface area contributed by atoms with Crippen molar-refractivity contribution in [3.8, 4) is 0 Å². The van der Waals surface area contributed by atoms with E-state index >= 15 is 0 Å². The van der Waals surface area contributed by atoms with Gasteiger partial charge < -0.3 is 21.1 Å². The lowest BCUT2D eigenvalue weighted by Gasteiger charge is -2.39. The maximum absolute atomic E-state index is 13.6. The molecule has 3 atom stereocenters. The molecule has 0 bridgehead atoms. The lowest BCUT2D eigenvalue weighted by atomic mass is 9.82. The fourth-order valence-corrected chi connectivity index (χ4v) is 4.57. The highest BCUT2D eigenvalue weighted by atomic mass is 19.1. The quantitative estimate of drug-likeness (QED) is 0.459. The van der Waals surface area contributed by atoms with Gasteiger partial charge in [0.2, 0.25) is 5.91 Å². The topological polar surface area (TPSA) is 73.4 Å². The van der Waals surface area contributed by atoms with Gasteiger partial charge >= 0.3 is 0 Å². The zero-order valence-electron chi connectivity index (χ0n) is 19.8. The molecule has 2 aromatic rings. The van der Waals surface area contributed by atoms with E-state index in [9.17, 15) is 18.7 Å². The maximum atomic E-state index is 13.6. The number of anilines is 1. The number of rotatable bonds is 9. The SMILES string of the molecule is CC(=O)N[C@@H](Cc1cc(F)cc(F)c1)[C@@H](O)CN[C@@]1(C)CCNc2ccc(CC(C)C)cc21. The average molecular weight is 460 g/mol. The summed E-state index contributed by atoms with van der Waals surface area (Å²) in [6.07, 6.45) is 0.984. The Labute approximate surface area is 195 Å². The van der Waals surface area contributed by atoms with E-state index in [1.165, 1.54) is 24.6 Å². The van der Waals surface area contributed by atoms with Gasteiger partial charge in [0.1, 0.15) is 11.6 Å². The van der Waals surface area contributed by atoms with Crippen molar-refractivity contribution in [2.75, 3.05) is 18.4 Å². The van der Waals surface area contributed by atoms with E-state index in [0.29, 0.717) is 11.5 Å². The Morgan fingerprint density at radius 1 is 1.12 bits per heavy atom. The minimum atomic E-state index is -0.950. The van der Waals surface area contributed by atoms with Crippen LogP contribution in [0.15, 0.2) is 36.4 Å². The number of carbonyl (C=O) groups is 1. The van der Waals surface area contributed by atoms with Crippen LogP contribution in [-0.2, 0) is 23.2 Å². The zero-order chi connectivity index (χ0) is 24.2. The Morgan fingerprint density at radius 2 is 1.82 bits per heavy atom. The van der Waals surface area contributed by atoms with Crippen molar-refractivity contribution in [3.05, 3.63) is 64.7 Å². The smallest absolute Gasteiger partial charge is 0.217 e. The first-order chi connectivity index (χ1) is 15.6. The number of aliphatic hydroxyl groups excluding tert-OH is 1. The van der Waals surface area contributed by atoms with Crippen molar-refractivity contribution in [2.45, 2.75) is 64.6 Å². The molecule has 0 radical (unpaired) electrons. The molecule has 0 spiro atoms. The Morgan fingerprint density at radius 3 is 2.45 bits per heavy atom. The Balaban J connectivity index is 1.75. The summed E-state index contributed by atoms with van der Waals surface area (Å²) < 4.78 is 27.3. The Bertz CT molecular complexity index is 962. The average Bonchev–Trinajstić information content (AvgIpc) is 2.71. The molecule has 0 saturated carbocycles. The number of halogens is 2. The van der Waals surface area contributed by atoms with Crippen LogP contribution in [0.3, 0.4) is 0 Å². The van der Waals surface area contributed by atoms with Crippen molar-refractivity contribution in [1.29, 1.82) is 0 Å². The number of aliphatic hydroxyl groups is 1. The van der Waals surface area contributed by atoms with E-state index in [1.807, 2.05) is 0 Å². The molecule has 33 heavy (non-hydrogen) atoms. The molecule has 0 aromatic heterocycles. The largest absolute Gasteiger partial charge is 0.390 e. The van der Waals surface area contributed by atoms with Crippen LogP contribution in [-0.4, -0.2) is 36.2 Å². The summed E-state index contributed by atoms with van der Waals surface area (Å²) in [6.45, 7) is 8.88. The first-order valence-corrected chi connectivity index (χ1v) is 11.6. The van der Waals surface area contributed by atoms with Crippen LogP contribution in [0.25, 0.3) is 0 Å². The molecular formula is C26H35F2N3O2. The molecule has 0 unspecified atom stereocenters. The van der Waals surface area contributed by atoms with Crippen molar-refractivity contribution in [3.63, 3.8) is 0 Å². The first-order valence-electron chi connectivity index (χ1n) is 11.6. The van der Waals surface area contributed by atoms with Gasteiger partial charge in [0.15, 0.2) is 0 Å². The van der Waals surface area contributed by atoms with Gasteiger partial charge in [-0.1, -0.05) is 26.0 Å². The molecule has 2 aromatic carbocycles. The maximum Gasteiger partial charge on any atom is 0.217 e. The van der Waals surface area contributed by atoms with E-state index < -0.39 is 23.8 Å². The molecule has 1 amide bonds. The molecule has 1 aliphatic heterocycles. The summed E-state index contributed by atoms with van der Waals surface area (Å²) in [5, 5.41) is 20.6. The molecule has 3 rings (SSSR count). The van der Waals surface area contributed by atoms with Crippen molar-refractivity contribution < 1.29 is 18.7 Å². The highest BCUT2D eigenvalue weighted by Gasteiger charge is 2.33. The standard InChI is InChI=1S/C26H35F2N3O2/c1-16(2)9-18-5-6-23-22(12-18)26(4,7-8-29-23)30-15-25(33)24(31-17(3)32)13-19-10-20(27)14-21(28)11-19/h5-6,10-12,14,16,24-25,29-30,33H,7-9,13,15H2,1-4H3,(H,31,32)/t24-,25-,26-/m0/s1. The van der Waals surface area contributed by atoms with Crippen molar-refractivity contribution in [1.82, 2.24) is 10.6 Å². The fourth-order valence-electron chi connectivity index (χ4n) is 4.57. The third kappa shape index (κ3) is 6.74. The van der Waals surface area contributed by atoms with E-state index in [2.05, 4.69) is 54.9 Å². The van der Waals surface area contributed by atoms with Crippen LogP contribution in [0.4, 0.5) is 14.5 Å². The molecule has 4 N–H and O–H groups in total. The lowest BCUT2D eigenvalue weighted by molar-refractivity contribution is -0.120. The number of benzene rings is 2. The number of nitrogens with one attached hydrogen (secondary N) is 3. The Hall–Kier alpha value is -2.51. The van der Waals surface area contributed by atoms with Crippen LogP contribution in [0.2, 0.25) is 0 Å². The van der Waals surface area contributed by atoms with Crippen LogP contribution < -0.4 is 16.0 Å². The van der Waals surface area contributed by atoms with Gasteiger partial charge in [0.05, 0.1) is 12.1 Å². The van der Waals surface area contributed by atoms with Gasteiger partial charge in [0, 0.05) is 37.3 Å². The lowest BCUT2D eigenvalue weighted by Crippen LogP contribution is -2.53. The highest BCUT2D eigenvalue weighted by Crippen LogP contribution is 2.36. The normalized spacial score (nSPS) is 19.5. The molecule has 5 nitrogen and oxygen atoms in total. The van der Waals surface area contributed by atoms with Crippen molar-refractivity contribution >= 4 is 11.6 Å². The van der Waals surface area contributed by atoms with Crippen LogP contribution in [0, 0.1) is 17.6 Å². The van der Waals surface area contributed by atoms with Gasteiger partial charge in [-0.15, -0.1) is 0 Å². The molecule has 7 heteroatoms. The molecule has 1 heterocycles. The predicted octanol–water partition coefficient (Wildman–Crippen LogP) is 3.89. The molecule has 1 aliphatic rings. The summed E-state index contributed by atoms with van der Waals surface area (Å²) in [4.78, 5) is 11.7. The van der Waals surface area contributed by atoms with Gasteiger partial charge in [-0.05, 0) is 67.0 Å². The molecular weight excluding hydrogens is 424 g/mol. The third-order valence-electron chi connectivity index (χ3n) is 6.20. The van der Waals surface area contributed by atoms with Gasteiger partial charge in [-0.3, -0.25) is 4.79 Å². The zero-order valence-corrected chi connectivity index (χ0v) is 19.8. The van der Waals surface area contributed by atoms with E-state index in [4.69, 9.17) is 0 Å². The van der Waals surface area contributed by atoms with Crippen LogP contribution in [0.5, 0.6) is 0 Å². The van der Waals surface area contributed by atoms with E-state index in [1.54, 1.807) is 0 Å².